The minimum Gasteiger partial charge on any atom is -0.444 e. The molecular weight excluding hydrogens is 579 g/mol. The first-order valence-electron chi connectivity index (χ1n) is 13.8. The van der Waals surface area contributed by atoms with Crippen LogP contribution in [0.2, 0.25) is 18.1 Å². The van der Waals surface area contributed by atoms with Crippen LogP contribution < -0.4 is 16.2 Å². The largest absolute Gasteiger partial charge is 0.444 e. The Morgan fingerprint density at radius 2 is 1.47 bits per heavy atom. The van der Waals surface area contributed by atoms with Gasteiger partial charge in [0, 0.05) is 13.1 Å². The van der Waals surface area contributed by atoms with Gasteiger partial charge in [-0.3, -0.25) is 19.5 Å². The van der Waals surface area contributed by atoms with Crippen LogP contribution in [0.25, 0.3) is 0 Å². The third-order valence-corrected chi connectivity index (χ3v) is 11.9. The van der Waals surface area contributed by atoms with Crippen molar-refractivity contribution < 1.29 is 31.9 Å². The third kappa shape index (κ3) is 7.93. The Labute approximate surface area is 250 Å². The van der Waals surface area contributed by atoms with E-state index < -0.39 is 54.5 Å². The van der Waals surface area contributed by atoms with Gasteiger partial charge in [0.1, 0.15) is 12.3 Å². The molecule has 43 heavy (non-hydrogen) atoms. The number of nitrogens with one attached hydrogen (secondary N) is 2. The van der Waals surface area contributed by atoms with Gasteiger partial charge >= 0.3 is 12.3 Å². The van der Waals surface area contributed by atoms with Crippen molar-refractivity contribution in [1.82, 2.24) is 9.88 Å². The molecule has 0 bridgehead atoms. The first-order valence-corrected chi connectivity index (χ1v) is 16.7. The summed E-state index contributed by atoms with van der Waals surface area (Å²) in [7, 11) is -3.33. The van der Waals surface area contributed by atoms with Crippen LogP contribution in [-0.4, -0.2) is 37.1 Å². The average molecular weight is 618 g/mol. The predicted octanol–water partition coefficient (Wildman–Crippen LogP) is 6.58. The van der Waals surface area contributed by atoms with Gasteiger partial charge < -0.3 is 14.5 Å². The highest BCUT2D eigenvalue weighted by atomic mass is 28.4. The predicted molar refractivity (Wildman–Crippen MR) is 161 cm³/mol. The first-order chi connectivity index (χ1) is 20.0. The summed E-state index contributed by atoms with van der Waals surface area (Å²) in [4.78, 5) is 38.9. The topological polar surface area (TPSA) is 98.7 Å². The number of ether oxygens (including phenoxy) is 1. The molecule has 0 saturated heterocycles. The van der Waals surface area contributed by atoms with Crippen molar-refractivity contribution in [2.24, 2.45) is 0 Å². The average Bonchev–Trinajstić information content (AvgIpc) is 2.91. The van der Waals surface area contributed by atoms with Gasteiger partial charge in [-0.1, -0.05) is 81.4 Å². The molecule has 2 atom stereocenters. The highest BCUT2D eigenvalue weighted by Crippen LogP contribution is 2.48. The lowest BCUT2D eigenvalue weighted by Crippen LogP contribution is -2.69. The van der Waals surface area contributed by atoms with Crippen LogP contribution in [0, 0.1) is 0 Å². The van der Waals surface area contributed by atoms with Crippen molar-refractivity contribution in [3.63, 3.8) is 0 Å². The van der Waals surface area contributed by atoms with Gasteiger partial charge in [-0.05, 0) is 47.8 Å². The minimum absolute atomic E-state index is 0.115. The quantitative estimate of drug-likeness (QED) is 0.251. The molecule has 232 valence electrons. The van der Waals surface area contributed by atoms with Gasteiger partial charge in [0.05, 0.1) is 6.04 Å². The second-order valence-corrected chi connectivity index (χ2v) is 16.5. The monoisotopic (exact) mass is 617 g/mol. The molecule has 0 aliphatic rings. The second kappa shape index (κ2) is 13.2. The molecule has 1 aromatic heterocycles. The van der Waals surface area contributed by atoms with Gasteiger partial charge in [0.2, 0.25) is 5.91 Å². The normalized spacial score (nSPS) is 14.3. The van der Waals surface area contributed by atoms with Crippen LogP contribution in [0.4, 0.5) is 23.7 Å². The molecule has 2 aromatic carbocycles. The van der Waals surface area contributed by atoms with E-state index in [0.29, 0.717) is 15.7 Å². The summed E-state index contributed by atoms with van der Waals surface area (Å²) in [5, 5.41) is 4.00. The molecule has 0 saturated carbocycles. The highest BCUT2D eigenvalue weighted by molar-refractivity contribution is 6.74. The third-order valence-electron chi connectivity index (χ3n) is 7.51. The van der Waals surface area contributed by atoms with E-state index in [1.807, 2.05) is 0 Å². The summed E-state index contributed by atoms with van der Waals surface area (Å²) >= 11 is 0. The fraction of sp³-hybridized carbons (Fsp3) is 0.387. The van der Waals surface area contributed by atoms with Crippen molar-refractivity contribution in [3.8, 4) is 0 Å². The fourth-order valence-electron chi connectivity index (χ4n) is 4.32. The molecule has 1 heterocycles. The summed E-state index contributed by atoms with van der Waals surface area (Å²) < 4.78 is 59.1. The van der Waals surface area contributed by atoms with Gasteiger partial charge in [-0.15, -0.1) is 0 Å². The number of halogens is 3. The fourth-order valence-corrected chi connectivity index (χ4v) is 5.77. The first kappa shape index (κ1) is 33.6. The van der Waals surface area contributed by atoms with E-state index in [9.17, 15) is 14.4 Å². The number of pyridine rings is 1. The number of carbonyl (C=O) groups is 2. The number of amides is 2. The molecule has 0 radical (unpaired) electrons. The number of alkyl halides is 3. The molecule has 0 fully saturated rings. The number of nitrogens with zero attached hydrogens (tertiary/aromatic N) is 1. The van der Waals surface area contributed by atoms with E-state index in [0.717, 1.165) is 13.1 Å². The lowest BCUT2D eigenvalue weighted by molar-refractivity contribution is -0.302. The van der Waals surface area contributed by atoms with Crippen LogP contribution in [0.3, 0.4) is 0 Å². The zero-order chi connectivity index (χ0) is 32.1. The molecule has 2 N–H and O–H groups in total. The van der Waals surface area contributed by atoms with Gasteiger partial charge in [-0.25, -0.2) is 4.79 Å². The molecule has 3 aromatic rings. The minimum atomic E-state index is -5.21. The number of hydrogen-bond donors (Lipinski definition) is 2. The Hall–Kier alpha value is -3.90. The lowest BCUT2D eigenvalue weighted by atomic mass is 9.94. The van der Waals surface area contributed by atoms with Crippen molar-refractivity contribution in [2.75, 3.05) is 5.32 Å². The number of aromatic nitrogens is 1. The van der Waals surface area contributed by atoms with Crippen LogP contribution in [0.15, 0.2) is 83.8 Å². The Morgan fingerprint density at radius 1 is 0.907 bits per heavy atom. The van der Waals surface area contributed by atoms with Crippen molar-refractivity contribution in [1.29, 1.82) is 0 Å². The summed E-state index contributed by atoms with van der Waals surface area (Å²) in [6.07, 6.45) is -5.58. The summed E-state index contributed by atoms with van der Waals surface area (Å²) in [5.74, 6) is -0.736. The molecule has 3 rings (SSSR count). The standard InChI is InChI=1S/C31H38F3N3O5Si/c1-22(38)35-26(20-23-14-9-7-10-15-23)30(31(32,33)34,42-43(5,6)29(2,3)4)37-19-13-18-25(27(37)39)36-28(40)41-21-24-16-11-8-12-17-24/h7-19,26H,20-21H2,1-6H3,(H,35,38)(H,36,40). The molecule has 12 heteroatoms. The maximum Gasteiger partial charge on any atom is 0.438 e. The highest BCUT2D eigenvalue weighted by Gasteiger charge is 2.66. The molecule has 2 amide bonds. The van der Waals surface area contributed by atoms with Crippen molar-refractivity contribution >= 4 is 26.0 Å². The number of hydrogen-bond acceptors (Lipinski definition) is 5. The molecule has 0 aliphatic carbocycles. The Morgan fingerprint density at radius 3 is 1.98 bits per heavy atom. The van der Waals surface area contributed by atoms with Gasteiger partial charge in [0.25, 0.3) is 11.3 Å². The van der Waals surface area contributed by atoms with Gasteiger partial charge in [0.15, 0.2) is 8.32 Å². The lowest BCUT2D eigenvalue weighted by Gasteiger charge is -2.50. The Balaban J connectivity index is 2.20. The zero-order valence-corrected chi connectivity index (χ0v) is 26.1. The van der Waals surface area contributed by atoms with E-state index in [4.69, 9.17) is 9.16 Å². The van der Waals surface area contributed by atoms with Gasteiger partial charge in [-0.2, -0.15) is 13.2 Å². The Kier molecular flexibility index (Phi) is 10.3. The SMILES string of the molecule is CC(=O)NC(Cc1ccccc1)C(O[Si](C)(C)C(C)(C)C)(n1cccc(NC(=O)OCc2ccccc2)c1=O)C(F)(F)F. The molecule has 8 nitrogen and oxygen atoms in total. The van der Waals surface area contributed by atoms with Crippen molar-refractivity contribution in [2.45, 2.75) is 76.8 Å². The van der Waals surface area contributed by atoms with E-state index in [-0.39, 0.29) is 13.0 Å². The summed E-state index contributed by atoms with van der Waals surface area (Å²) in [5.41, 5.74) is -3.81. The second-order valence-electron chi connectivity index (χ2n) is 11.8. The Bertz CT molecular complexity index is 1460. The van der Waals surface area contributed by atoms with E-state index in [1.54, 1.807) is 94.5 Å². The van der Waals surface area contributed by atoms with Crippen LogP contribution in [0.5, 0.6) is 0 Å². The van der Waals surface area contributed by atoms with Crippen LogP contribution in [0.1, 0.15) is 38.8 Å². The van der Waals surface area contributed by atoms with Crippen LogP contribution in [-0.2, 0) is 32.7 Å². The van der Waals surface area contributed by atoms with Crippen molar-refractivity contribution in [3.05, 3.63) is 100 Å². The summed E-state index contributed by atoms with van der Waals surface area (Å²) in [6, 6.07) is 17.7. The number of benzene rings is 2. The summed E-state index contributed by atoms with van der Waals surface area (Å²) in [6.45, 7) is 9.58. The number of rotatable bonds is 10. The molecule has 0 spiro atoms. The van der Waals surface area contributed by atoms with E-state index in [1.165, 1.54) is 12.1 Å². The van der Waals surface area contributed by atoms with E-state index >= 15 is 13.2 Å². The number of carbonyl (C=O) groups excluding carboxylic acids is 2. The molecule has 0 aliphatic heterocycles. The van der Waals surface area contributed by atoms with Crippen LogP contribution >= 0.6 is 0 Å². The molecular formula is C31H38F3N3O5Si. The smallest absolute Gasteiger partial charge is 0.438 e. The zero-order valence-electron chi connectivity index (χ0n) is 25.1. The molecule has 2 unspecified atom stereocenters. The maximum atomic E-state index is 15.7. The maximum absolute atomic E-state index is 15.7. The van der Waals surface area contributed by atoms with E-state index in [2.05, 4.69) is 10.6 Å². The number of anilines is 1.